The van der Waals surface area contributed by atoms with Crippen LogP contribution >= 0.6 is 15.9 Å². The summed E-state index contributed by atoms with van der Waals surface area (Å²) in [6, 6.07) is 8.51. The third-order valence-electron chi connectivity index (χ3n) is 4.32. The summed E-state index contributed by atoms with van der Waals surface area (Å²) in [5.74, 6) is 0.708. The topological polar surface area (TPSA) is 71.1 Å². The summed E-state index contributed by atoms with van der Waals surface area (Å²) in [5, 5.41) is 0. The first-order valence-electron chi connectivity index (χ1n) is 8.75. The number of hydrogen-bond donors (Lipinski definition) is 0. The van der Waals surface area contributed by atoms with Gasteiger partial charge in [0.1, 0.15) is 17.2 Å². The van der Waals surface area contributed by atoms with Gasteiger partial charge in [-0.2, -0.15) is 0 Å². The zero-order valence-corrected chi connectivity index (χ0v) is 16.9. The number of carbonyl (C=O) groups excluding carboxylic acids is 2. The number of halogens is 1. The minimum atomic E-state index is -0.347. The molecule has 144 valence electrons. The summed E-state index contributed by atoms with van der Waals surface area (Å²) in [5.41, 5.74) is 2.03. The highest BCUT2D eigenvalue weighted by molar-refractivity contribution is 9.10. The van der Waals surface area contributed by atoms with Crippen molar-refractivity contribution in [2.75, 3.05) is 6.79 Å². The fraction of sp³-hybridized carbons (Fsp3) is 0.238. The van der Waals surface area contributed by atoms with Crippen LogP contribution in [0.25, 0.3) is 6.08 Å². The van der Waals surface area contributed by atoms with Crippen molar-refractivity contribution in [1.82, 2.24) is 0 Å². The van der Waals surface area contributed by atoms with E-state index in [4.69, 9.17) is 18.9 Å². The molecule has 0 spiro atoms. The van der Waals surface area contributed by atoms with Crippen LogP contribution in [-0.2, 0) is 16.1 Å². The van der Waals surface area contributed by atoms with Crippen LogP contribution in [0.15, 0.2) is 40.6 Å². The fourth-order valence-corrected chi connectivity index (χ4v) is 3.44. The van der Waals surface area contributed by atoms with E-state index in [1.807, 2.05) is 12.1 Å². The molecule has 2 aromatic rings. The molecule has 2 heterocycles. The Morgan fingerprint density at radius 1 is 1.25 bits per heavy atom. The van der Waals surface area contributed by atoms with E-state index in [9.17, 15) is 9.59 Å². The molecule has 0 saturated heterocycles. The molecule has 0 N–H and O–H groups in total. The SMILES string of the molecule is CC(C)C(=O)Oc1ccc2c(c1)OC(=Cc1cc(Br)cc3c1OCOC3)C2=O. The van der Waals surface area contributed by atoms with Gasteiger partial charge in [0.15, 0.2) is 12.6 Å². The Morgan fingerprint density at radius 2 is 2.07 bits per heavy atom. The molecule has 0 aliphatic carbocycles. The number of esters is 1. The molecule has 0 atom stereocenters. The minimum Gasteiger partial charge on any atom is -0.467 e. The lowest BCUT2D eigenvalue weighted by molar-refractivity contribution is -0.137. The van der Waals surface area contributed by atoms with Crippen LogP contribution in [-0.4, -0.2) is 18.5 Å². The van der Waals surface area contributed by atoms with Crippen molar-refractivity contribution in [2.24, 2.45) is 5.92 Å². The Bertz CT molecular complexity index is 1010. The van der Waals surface area contributed by atoms with E-state index in [2.05, 4.69) is 15.9 Å². The maximum Gasteiger partial charge on any atom is 0.313 e. The second kappa shape index (κ2) is 7.41. The van der Waals surface area contributed by atoms with Gasteiger partial charge in [0, 0.05) is 21.7 Å². The average molecular weight is 445 g/mol. The van der Waals surface area contributed by atoms with Crippen molar-refractivity contribution in [3.63, 3.8) is 0 Å². The highest BCUT2D eigenvalue weighted by atomic mass is 79.9. The molecule has 0 aromatic heterocycles. The minimum absolute atomic E-state index is 0.157. The first-order chi connectivity index (χ1) is 13.4. The first kappa shape index (κ1) is 18.7. The van der Waals surface area contributed by atoms with E-state index >= 15 is 0 Å². The largest absolute Gasteiger partial charge is 0.467 e. The van der Waals surface area contributed by atoms with Gasteiger partial charge in [-0.25, -0.2) is 0 Å². The van der Waals surface area contributed by atoms with E-state index in [1.165, 1.54) is 0 Å². The standard InChI is InChI=1S/C21H17BrO6/c1-11(2)21(24)27-15-3-4-16-17(8-15)28-18(19(16)23)7-12-5-14(22)6-13-9-25-10-26-20(12)13/h3-8,11H,9-10H2,1-2H3. The maximum absolute atomic E-state index is 12.7. The van der Waals surface area contributed by atoms with Crippen molar-refractivity contribution in [1.29, 1.82) is 0 Å². The average Bonchev–Trinajstić information content (AvgIpc) is 2.96. The summed E-state index contributed by atoms with van der Waals surface area (Å²) < 4.78 is 22.8. The van der Waals surface area contributed by atoms with Crippen LogP contribution in [0.1, 0.15) is 35.3 Å². The molecule has 2 aromatic carbocycles. The van der Waals surface area contributed by atoms with Gasteiger partial charge in [-0.1, -0.05) is 29.8 Å². The Balaban J connectivity index is 1.65. The van der Waals surface area contributed by atoms with Crippen LogP contribution in [0.5, 0.6) is 17.2 Å². The van der Waals surface area contributed by atoms with Crippen LogP contribution in [0, 0.1) is 5.92 Å². The number of carbonyl (C=O) groups is 2. The van der Waals surface area contributed by atoms with Gasteiger partial charge in [-0.05, 0) is 30.3 Å². The second-order valence-corrected chi connectivity index (χ2v) is 7.68. The maximum atomic E-state index is 12.7. The molecule has 0 fully saturated rings. The Kier molecular flexibility index (Phi) is 4.95. The number of fused-ring (bicyclic) bond motifs is 2. The van der Waals surface area contributed by atoms with Crippen LogP contribution < -0.4 is 14.2 Å². The van der Waals surface area contributed by atoms with Crippen LogP contribution in [0.3, 0.4) is 0 Å². The normalized spacial score (nSPS) is 16.4. The number of allylic oxidation sites excluding steroid dienone is 1. The quantitative estimate of drug-likeness (QED) is 0.394. The number of benzene rings is 2. The van der Waals surface area contributed by atoms with Gasteiger partial charge in [-0.3, -0.25) is 9.59 Å². The molecule has 0 saturated carbocycles. The van der Waals surface area contributed by atoms with E-state index in [1.54, 1.807) is 38.1 Å². The molecule has 6 nitrogen and oxygen atoms in total. The second-order valence-electron chi connectivity index (χ2n) is 6.77. The number of ether oxygens (including phenoxy) is 4. The molecular weight excluding hydrogens is 428 g/mol. The molecule has 2 aliphatic rings. The lowest BCUT2D eigenvalue weighted by Crippen LogP contribution is -2.14. The highest BCUT2D eigenvalue weighted by Crippen LogP contribution is 2.38. The zero-order chi connectivity index (χ0) is 19.8. The molecule has 4 rings (SSSR count). The third-order valence-corrected chi connectivity index (χ3v) is 4.78. The molecule has 0 bridgehead atoms. The Labute approximate surface area is 170 Å². The summed E-state index contributed by atoms with van der Waals surface area (Å²) >= 11 is 3.46. The summed E-state index contributed by atoms with van der Waals surface area (Å²) in [7, 11) is 0. The number of hydrogen-bond acceptors (Lipinski definition) is 6. The first-order valence-corrected chi connectivity index (χ1v) is 9.54. The van der Waals surface area contributed by atoms with Crippen LogP contribution in [0.2, 0.25) is 0 Å². The van der Waals surface area contributed by atoms with E-state index in [-0.39, 0.29) is 30.2 Å². The van der Waals surface area contributed by atoms with Gasteiger partial charge in [0.25, 0.3) is 0 Å². The van der Waals surface area contributed by atoms with Crippen molar-refractivity contribution < 1.29 is 28.5 Å². The number of Topliss-reactive ketones (excluding diaryl/α,β-unsaturated/α-hetero) is 1. The lowest BCUT2D eigenvalue weighted by Gasteiger charge is -2.20. The predicted octanol–water partition coefficient (Wildman–Crippen LogP) is 4.49. The summed E-state index contributed by atoms with van der Waals surface area (Å²) in [4.78, 5) is 24.5. The summed E-state index contributed by atoms with van der Waals surface area (Å²) in [6.45, 7) is 4.10. The van der Waals surface area contributed by atoms with Gasteiger partial charge in [-0.15, -0.1) is 0 Å². The van der Waals surface area contributed by atoms with E-state index < -0.39 is 0 Å². The molecule has 7 heteroatoms. The predicted molar refractivity (Wildman–Crippen MR) is 104 cm³/mol. The Morgan fingerprint density at radius 3 is 2.86 bits per heavy atom. The molecule has 0 amide bonds. The zero-order valence-electron chi connectivity index (χ0n) is 15.3. The molecule has 2 aliphatic heterocycles. The molecule has 28 heavy (non-hydrogen) atoms. The van der Waals surface area contributed by atoms with Gasteiger partial charge in [0.2, 0.25) is 5.78 Å². The van der Waals surface area contributed by atoms with Crippen molar-refractivity contribution in [2.45, 2.75) is 20.5 Å². The molecular formula is C21H17BrO6. The van der Waals surface area contributed by atoms with E-state index in [0.717, 1.165) is 15.6 Å². The van der Waals surface area contributed by atoms with Gasteiger partial charge >= 0.3 is 5.97 Å². The smallest absolute Gasteiger partial charge is 0.313 e. The molecule has 0 unspecified atom stereocenters. The number of ketones is 1. The van der Waals surface area contributed by atoms with Gasteiger partial charge < -0.3 is 18.9 Å². The lowest BCUT2D eigenvalue weighted by atomic mass is 10.1. The highest BCUT2D eigenvalue weighted by Gasteiger charge is 2.29. The van der Waals surface area contributed by atoms with Gasteiger partial charge in [0.05, 0.1) is 18.1 Å². The number of rotatable bonds is 3. The fourth-order valence-electron chi connectivity index (χ4n) is 2.92. The van der Waals surface area contributed by atoms with Crippen LogP contribution in [0.4, 0.5) is 0 Å². The molecule has 0 radical (unpaired) electrons. The van der Waals surface area contributed by atoms with Crippen molar-refractivity contribution in [3.8, 4) is 17.2 Å². The van der Waals surface area contributed by atoms with Crippen molar-refractivity contribution >= 4 is 33.8 Å². The third kappa shape index (κ3) is 3.55. The Hall–Kier alpha value is -2.64. The monoisotopic (exact) mass is 444 g/mol. The van der Waals surface area contributed by atoms with Crippen molar-refractivity contribution in [3.05, 3.63) is 57.3 Å². The van der Waals surface area contributed by atoms with E-state index in [0.29, 0.717) is 29.4 Å². The summed E-state index contributed by atoms with van der Waals surface area (Å²) in [6.07, 6.45) is 1.65.